The number of benzene rings is 2. The van der Waals surface area contributed by atoms with Crippen LogP contribution in [-0.2, 0) is 10.0 Å². The van der Waals surface area contributed by atoms with Gasteiger partial charge in [-0.2, -0.15) is 0 Å². The van der Waals surface area contributed by atoms with Crippen LogP contribution in [0.15, 0.2) is 47.4 Å². The number of likely N-dealkylation sites (N-methyl/N-ethyl adjacent to an activating group) is 1. The van der Waals surface area contributed by atoms with Gasteiger partial charge >= 0.3 is 0 Å². The molecule has 0 aromatic heterocycles. The van der Waals surface area contributed by atoms with Crippen LogP contribution in [0.2, 0.25) is 0 Å². The third-order valence-corrected chi connectivity index (χ3v) is 5.82. The number of nitrogens with zero attached hydrogens (tertiary/aromatic N) is 1. The molecule has 0 spiro atoms. The van der Waals surface area contributed by atoms with Gasteiger partial charge in [0.1, 0.15) is 5.75 Å². The number of rotatable bonds is 9. The average molecular weight is 398 g/mol. The van der Waals surface area contributed by atoms with Gasteiger partial charge in [-0.15, -0.1) is 0 Å². The van der Waals surface area contributed by atoms with Crippen molar-refractivity contribution in [2.24, 2.45) is 0 Å². The molecule has 0 aliphatic carbocycles. The highest BCUT2D eigenvalue weighted by Gasteiger charge is 2.23. The van der Waals surface area contributed by atoms with Crippen molar-refractivity contribution in [3.8, 4) is 5.75 Å². The molecule has 0 amide bonds. The normalized spacial score (nSPS) is 13.0. The number of halogens is 2. The summed E-state index contributed by atoms with van der Waals surface area (Å²) in [5, 5.41) is 0. The van der Waals surface area contributed by atoms with Crippen molar-refractivity contribution in [2.45, 2.75) is 24.8 Å². The van der Waals surface area contributed by atoms with E-state index in [0.29, 0.717) is 24.9 Å². The minimum absolute atomic E-state index is 0.0795. The maximum absolute atomic E-state index is 13.4. The van der Waals surface area contributed by atoms with Crippen molar-refractivity contribution >= 4 is 10.0 Å². The summed E-state index contributed by atoms with van der Waals surface area (Å²) in [5.41, 5.74) is 0.894. The molecule has 1 unspecified atom stereocenters. The lowest BCUT2D eigenvalue weighted by molar-refractivity contribution is 0.219. The Hall–Kier alpha value is -2.03. The molecule has 0 radical (unpaired) electrons. The number of sulfonamides is 1. The molecule has 0 bridgehead atoms. The summed E-state index contributed by atoms with van der Waals surface area (Å²) < 4.78 is 59.3. The van der Waals surface area contributed by atoms with Crippen LogP contribution in [0.3, 0.4) is 0 Å². The first-order valence-corrected chi connectivity index (χ1v) is 10.1. The lowest BCUT2D eigenvalue weighted by Gasteiger charge is -2.30. The first-order chi connectivity index (χ1) is 12.8. The zero-order valence-electron chi connectivity index (χ0n) is 15.6. The monoisotopic (exact) mass is 398 g/mol. The van der Waals surface area contributed by atoms with Crippen LogP contribution < -0.4 is 9.46 Å². The Kier molecular flexibility index (Phi) is 7.29. The lowest BCUT2D eigenvalue weighted by Crippen LogP contribution is -2.38. The Morgan fingerprint density at radius 3 is 2.37 bits per heavy atom. The van der Waals surface area contributed by atoms with E-state index in [0.717, 1.165) is 17.7 Å². The zero-order chi connectivity index (χ0) is 20.0. The SMILES string of the molecule is CCN(CC)C(CNS(=O)(=O)c1ccc(F)c(F)c1)c1cccc(OC)c1. The molecule has 1 N–H and O–H groups in total. The molecular formula is C19H24F2N2O3S. The van der Waals surface area contributed by atoms with Crippen molar-refractivity contribution < 1.29 is 21.9 Å². The van der Waals surface area contributed by atoms with E-state index in [4.69, 9.17) is 4.74 Å². The highest BCUT2D eigenvalue weighted by molar-refractivity contribution is 7.89. The quantitative estimate of drug-likeness (QED) is 0.704. The fraction of sp³-hybridized carbons (Fsp3) is 0.368. The summed E-state index contributed by atoms with van der Waals surface area (Å²) in [7, 11) is -2.42. The Morgan fingerprint density at radius 1 is 1.07 bits per heavy atom. The lowest BCUT2D eigenvalue weighted by atomic mass is 10.0. The van der Waals surface area contributed by atoms with E-state index in [9.17, 15) is 17.2 Å². The maximum Gasteiger partial charge on any atom is 0.240 e. The molecule has 2 aromatic rings. The van der Waals surface area contributed by atoms with E-state index in [1.54, 1.807) is 7.11 Å². The smallest absolute Gasteiger partial charge is 0.240 e. The number of ether oxygens (including phenoxy) is 1. The van der Waals surface area contributed by atoms with Crippen molar-refractivity contribution in [1.29, 1.82) is 0 Å². The number of hydrogen-bond acceptors (Lipinski definition) is 4. The van der Waals surface area contributed by atoms with Crippen LogP contribution >= 0.6 is 0 Å². The first kappa shape index (κ1) is 21.3. The molecular weight excluding hydrogens is 374 g/mol. The Morgan fingerprint density at radius 2 is 1.78 bits per heavy atom. The number of nitrogens with one attached hydrogen (secondary N) is 1. The summed E-state index contributed by atoms with van der Waals surface area (Å²) >= 11 is 0. The van der Waals surface area contributed by atoms with E-state index in [1.165, 1.54) is 0 Å². The second kappa shape index (κ2) is 9.25. The Bertz CT molecular complexity index is 871. The van der Waals surface area contributed by atoms with Crippen LogP contribution in [-0.4, -0.2) is 40.1 Å². The van der Waals surface area contributed by atoms with Gasteiger partial charge in [0.15, 0.2) is 11.6 Å². The molecule has 2 rings (SSSR count). The van der Waals surface area contributed by atoms with Gasteiger partial charge < -0.3 is 4.74 Å². The molecule has 0 aliphatic rings. The van der Waals surface area contributed by atoms with E-state index in [1.807, 2.05) is 38.1 Å². The standard InChI is InChI=1S/C19H24F2N2O3S/c1-4-23(5-2)19(14-7-6-8-15(11-14)26-3)13-22-27(24,25)16-9-10-17(20)18(21)12-16/h6-12,19,22H,4-5,13H2,1-3H3. The number of methoxy groups -OCH3 is 1. The van der Waals surface area contributed by atoms with Crippen LogP contribution in [0.5, 0.6) is 5.75 Å². The summed E-state index contributed by atoms with van der Waals surface area (Å²) in [6.07, 6.45) is 0. The summed E-state index contributed by atoms with van der Waals surface area (Å²) in [6, 6.07) is 9.69. The Labute approximate surface area is 159 Å². The number of hydrogen-bond donors (Lipinski definition) is 1. The van der Waals surface area contributed by atoms with Gasteiger partial charge in [-0.05, 0) is 49.0 Å². The van der Waals surface area contributed by atoms with E-state index >= 15 is 0 Å². The topological polar surface area (TPSA) is 58.6 Å². The largest absolute Gasteiger partial charge is 0.497 e. The summed E-state index contributed by atoms with van der Waals surface area (Å²) in [5.74, 6) is -1.62. The highest BCUT2D eigenvalue weighted by Crippen LogP contribution is 2.24. The summed E-state index contributed by atoms with van der Waals surface area (Å²) in [6.45, 7) is 5.48. The van der Waals surface area contributed by atoms with Gasteiger partial charge in [-0.1, -0.05) is 26.0 Å². The predicted octanol–water partition coefficient (Wildman–Crippen LogP) is 3.33. The molecule has 8 heteroatoms. The van der Waals surface area contributed by atoms with Gasteiger partial charge in [-0.3, -0.25) is 4.90 Å². The summed E-state index contributed by atoms with van der Waals surface area (Å²) in [4.78, 5) is 1.79. The third kappa shape index (κ3) is 5.24. The highest BCUT2D eigenvalue weighted by atomic mass is 32.2. The molecule has 0 saturated heterocycles. The van der Waals surface area contributed by atoms with Gasteiger partial charge in [0.2, 0.25) is 10.0 Å². The molecule has 0 heterocycles. The minimum Gasteiger partial charge on any atom is -0.497 e. The van der Waals surface area contributed by atoms with Gasteiger partial charge in [0.25, 0.3) is 0 Å². The van der Waals surface area contributed by atoms with Gasteiger partial charge in [0, 0.05) is 12.6 Å². The molecule has 27 heavy (non-hydrogen) atoms. The molecule has 1 atom stereocenters. The molecule has 0 aliphatic heterocycles. The van der Waals surface area contributed by atoms with Gasteiger partial charge in [-0.25, -0.2) is 21.9 Å². The van der Waals surface area contributed by atoms with E-state index in [2.05, 4.69) is 9.62 Å². The van der Waals surface area contributed by atoms with Gasteiger partial charge in [0.05, 0.1) is 12.0 Å². The second-order valence-corrected chi connectivity index (χ2v) is 7.71. The van der Waals surface area contributed by atoms with E-state index < -0.39 is 21.7 Å². The first-order valence-electron chi connectivity index (χ1n) is 8.65. The van der Waals surface area contributed by atoms with Crippen LogP contribution in [0.25, 0.3) is 0 Å². The van der Waals surface area contributed by atoms with Crippen molar-refractivity contribution in [1.82, 2.24) is 9.62 Å². The second-order valence-electron chi connectivity index (χ2n) is 5.94. The van der Waals surface area contributed by atoms with Crippen molar-refractivity contribution in [3.63, 3.8) is 0 Å². The third-order valence-electron chi connectivity index (χ3n) is 4.40. The predicted molar refractivity (Wildman–Crippen MR) is 100 cm³/mol. The van der Waals surface area contributed by atoms with Crippen LogP contribution in [0.1, 0.15) is 25.5 Å². The minimum atomic E-state index is -3.98. The van der Waals surface area contributed by atoms with Crippen molar-refractivity contribution in [2.75, 3.05) is 26.7 Å². The molecule has 0 saturated carbocycles. The molecule has 2 aromatic carbocycles. The maximum atomic E-state index is 13.4. The Balaban J connectivity index is 2.28. The fourth-order valence-electron chi connectivity index (χ4n) is 2.89. The van der Waals surface area contributed by atoms with E-state index in [-0.39, 0.29) is 17.5 Å². The average Bonchev–Trinajstić information content (AvgIpc) is 2.67. The van der Waals surface area contributed by atoms with Crippen molar-refractivity contribution in [3.05, 3.63) is 59.7 Å². The van der Waals surface area contributed by atoms with Crippen LogP contribution in [0.4, 0.5) is 8.78 Å². The molecule has 5 nitrogen and oxygen atoms in total. The molecule has 0 fully saturated rings. The molecule has 148 valence electrons. The fourth-order valence-corrected chi connectivity index (χ4v) is 3.94. The van der Waals surface area contributed by atoms with Crippen LogP contribution in [0, 0.1) is 11.6 Å². The zero-order valence-corrected chi connectivity index (χ0v) is 16.4.